The van der Waals surface area contributed by atoms with Crippen LogP contribution in [0.2, 0.25) is 0 Å². The zero-order valence-electron chi connectivity index (χ0n) is 38.7. The summed E-state index contributed by atoms with van der Waals surface area (Å²) in [6.07, 6.45) is 49.2. The third-order valence-electron chi connectivity index (χ3n) is 10.1. The molecule has 0 amide bonds. The minimum atomic E-state index is -4.37. The van der Waals surface area contributed by atoms with Gasteiger partial charge in [-0.15, -0.1) is 0 Å². The van der Waals surface area contributed by atoms with Crippen molar-refractivity contribution in [2.24, 2.45) is 0 Å². The largest absolute Gasteiger partial charge is 0.472 e. The number of nitrogens with zero attached hydrogens (tertiary/aromatic N) is 1. The summed E-state index contributed by atoms with van der Waals surface area (Å²) in [4.78, 5) is 35.1. The van der Waals surface area contributed by atoms with E-state index in [0.717, 1.165) is 64.2 Å². The highest BCUT2D eigenvalue weighted by Crippen LogP contribution is 2.43. The third-order valence-corrected chi connectivity index (χ3v) is 11.1. The van der Waals surface area contributed by atoms with Crippen LogP contribution in [-0.2, 0) is 32.7 Å². The second-order valence-corrected chi connectivity index (χ2v) is 18.6. The molecule has 1 N–H and O–H groups in total. The number of unbranched alkanes of at least 4 members (excludes halogenated alkanes) is 21. The van der Waals surface area contributed by atoms with E-state index in [-0.39, 0.29) is 32.0 Å². The van der Waals surface area contributed by atoms with Crippen molar-refractivity contribution in [1.29, 1.82) is 0 Å². The molecule has 0 aromatic rings. The monoisotopic (exact) mass is 853 g/mol. The van der Waals surface area contributed by atoms with Gasteiger partial charge in [0, 0.05) is 12.8 Å². The van der Waals surface area contributed by atoms with Gasteiger partial charge in [0.1, 0.15) is 19.8 Å². The minimum absolute atomic E-state index is 0.0323. The van der Waals surface area contributed by atoms with Gasteiger partial charge in [-0.1, -0.05) is 184 Å². The fraction of sp³-hybridized carbons (Fsp3) is 0.796. The standard InChI is InChI=1S/C49H90NO8P/c1-6-8-10-12-14-15-16-17-18-19-20-21-22-23-24-25-26-27-28-29-30-31-32-33-34-35-36-38-40-42-49(52)58-47(45-55-48(51)41-39-37-13-11-9-7-2)46-57-59(53,54)56-44-43-50(3,4)5/h8,10,14-15,17-18,20-21,47H,6-7,9,11-13,16,19,22-46H2,1-5H3/p+1/b10-8-,15-14-,18-17-,21-20-. The first-order valence-electron chi connectivity index (χ1n) is 23.9. The lowest BCUT2D eigenvalue weighted by Gasteiger charge is -2.24. The van der Waals surface area contributed by atoms with Crippen LogP contribution in [0, 0.1) is 0 Å². The zero-order valence-corrected chi connectivity index (χ0v) is 39.6. The van der Waals surface area contributed by atoms with Gasteiger partial charge in [0.15, 0.2) is 6.10 Å². The first kappa shape index (κ1) is 57.0. The van der Waals surface area contributed by atoms with Gasteiger partial charge < -0.3 is 18.9 Å². The Labute approximate surface area is 363 Å². The molecule has 10 heteroatoms. The molecule has 0 aromatic heterocycles. The first-order valence-corrected chi connectivity index (χ1v) is 25.4. The average molecular weight is 853 g/mol. The normalized spacial score (nSPS) is 13.9. The van der Waals surface area contributed by atoms with Crippen molar-refractivity contribution in [3.05, 3.63) is 48.6 Å². The van der Waals surface area contributed by atoms with Gasteiger partial charge in [0.05, 0.1) is 27.7 Å². The number of quaternary nitrogens is 1. The van der Waals surface area contributed by atoms with Crippen molar-refractivity contribution < 1.29 is 42.1 Å². The number of esters is 2. The van der Waals surface area contributed by atoms with Gasteiger partial charge in [-0.05, 0) is 51.4 Å². The molecule has 9 nitrogen and oxygen atoms in total. The van der Waals surface area contributed by atoms with E-state index < -0.39 is 26.5 Å². The van der Waals surface area contributed by atoms with Crippen molar-refractivity contribution in [2.75, 3.05) is 47.5 Å². The number of phosphoric ester groups is 1. The molecule has 0 aliphatic rings. The molecule has 0 saturated heterocycles. The van der Waals surface area contributed by atoms with Crippen LogP contribution in [0.3, 0.4) is 0 Å². The second kappa shape index (κ2) is 41.3. The Bertz CT molecular complexity index is 1150. The van der Waals surface area contributed by atoms with Crippen LogP contribution < -0.4 is 0 Å². The minimum Gasteiger partial charge on any atom is -0.462 e. The maximum atomic E-state index is 12.7. The van der Waals surface area contributed by atoms with Crippen molar-refractivity contribution in [3.63, 3.8) is 0 Å². The molecule has 0 spiro atoms. The van der Waals surface area contributed by atoms with E-state index in [2.05, 4.69) is 62.5 Å². The number of ether oxygens (including phenoxy) is 2. The Balaban J connectivity index is 3.98. The van der Waals surface area contributed by atoms with Gasteiger partial charge in [-0.2, -0.15) is 0 Å². The maximum Gasteiger partial charge on any atom is 0.472 e. The Morgan fingerprint density at radius 3 is 1.44 bits per heavy atom. The molecular weight excluding hydrogens is 762 g/mol. The summed E-state index contributed by atoms with van der Waals surface area (Å²) in [5.41, 5.74) is 0. The summed E-state index contributed by atoms with van der Waals surface area (Å²) >= 11 is 0. The van der Waals surface area contributed by atoms with E-state index in [1.165, 1.54) is 103 Å². The van der Waals surface area contributed by atoms with Gasteiger partial charge in [-0.3, -0.25) is 18.6 Å². The van der Waals surface area contributed by atoms with Gasteiger partial charge in [-0.25, -0.2) is 4.57 Å². The summed E-state index contributed by atoms with van der Waals surface area (Å²) in [5, 5.41) is 0. The summed E-state index contributed by atoms with van der Waals surface area (Å²) in [6, 6.07) is 0. The predicted molar refractivity (Wildman–Crippen MR) is 247 cm³/mol. The zero-order chi connectivity index (χ0) is 43.6. The molecule has 344 valence electrons. The highest BCUT2D eigenvalue weighted by molar-refractivity contribution is 7.47. The number of carbonyl (C=O) groups excluding carboxylic acids is 2. The molecule has 0 aromatic carbocycles. The highest BCUT2D eigenvalue weighted by Gasteiger charge is 2.27. The number of hydrogen-bond acceptors (Lipinski definition) is 7. The van der Waals surface area contributed by atoms with Crippen LogP contribution in [-0.4, -0.2) is 74.9 Å². The summed E-state index contributed by atoms with van der Waals surface area (Å²) in [5.74, 6) is -0.805. The third kappa shape index (κ3) is 45.3. The van der Waals surface area contributed by atoms with E-state index in [1.807, 2.05) is 21.1 Å². The molecule has 2 unspecified atom stereocenters. The van der Waals surface area contributed by atoms with E-state index in [4.69, 9.17) is 18.5 Å². The smallest absolute Gasteiger partial charge is 0.462 e. The number of phosphoric acid groups is 1. The van der Waals surface area contributed by atoms with Crippen molar-refractivity contribution in [2.45, 2.75) is 206 Å². The Hall–Kier alpha value is -2.03. The summed E-state index contributed by atoms with van der Waals surface area (Å²) in [7, 11) is 1.48. The van der Waals surface area contributed by atoms with Gasteiger partial charge in [0.2, 0.25) is 0 Å². The number of carbonyl (C=O) groups is 2. The SMILES string of the molecule is CC/C=C\C/C=C\C/C=C\C/C=C\CCCCCCCCCCCCCCCCCCC(=O)OC(COC(=O)CCCCCCCC)COP(=O)(O)OCC[N+](C)(C)C. The average Bonchev–Trinajstić information content (AvgIpc) is 3.19. The lowest BCUT2D eigenvalue weighted by molar-refractivity contribution is -0.870. The Morgan fingerprint density at radius 1 is 0.542 bits per heavy atom. The second-order valence-electron chi connectivity index (χ2n) is 17.1. The van der Waals surface area contributed by atoms with Crippen LogP contribution in [0.25, 0.3) is 0 Å². The fourth-order valence-electron chi connectivity index (χ4n) is 6.42. The molecule has 0 radical (unpaired) electrons. The Morgan fingerprint density at radius 2 is 0.966 bits per heavy atom. The maximum absolute atomic E-state index is 12.7. The van der Waals surface area contributed by atoms with Crippen LogP contribution in [0.5, 0.6) is 0 Å². The predicted octanol–water partition coefficient (Wildman–Crippen LogP) is 13.9. The molecule has 0 saturated carbocycles. The number of likely N-dealkylation sites (N-methyl/N-ethyl adjacent to an activating group) is 1. The number of allylic oxidation sites excluding steroid dienone is 8. The van der Waals surface area contributed by atoms with Crippen molar-refractivity contribution in [1.82, 2.24) is 0 Å². The van der Waals surface area contributed by atoms with E-state index in [0.29, 0.717) is 17.4 Å². The molecule has 2 atom stereocenters. The summed E-state index contributed by atoms with van der Waals surface area (Å²) in [6.45, 7) is 4.25. The first-order chi connectivity index (χ1) is 28.5. The van der Waals surface area contributed by atoms with Crippen molar-refractivity contribution >= 4 is 19.8 Å². The molecule has 59 heavy (non-hydrogen) atoms. The molecule has 0 aliphatic carbocycles. The van der Waals surface area contributed by atoms with E-state index >= 15 is 0 Å². The molecule has 0 heterocycles. The highest BCUT2D eigenvalue weighted by atomic mass is 31.2. The Kier molecular flexibility index (Phi) is 39.9. The lowest BCUT2D eigenvalue weighted by atomic mass is 10.0. The summed E-state index contributed by atoms with van der Waals surface area (Å²) < 4.78 is 34.2. The van der Waals surface area contributed by atoms with E-state index in [1.54, 1.807) is 0 Å². The van der Waals surface area contributed by atoms with Gasteiger partial charge in [0.25, 0.3) is 0 Å². The fourth-order valence-corrected chi connectivity index (χ4v) is 7.16. The number of hydrogen-bond donors (Lipinski definition) is 1. The molecule has 0 aliphatic heterocycles. The molecular formula is C49H91NO8P+. The lowest BCUT2D eigenvalue weighted by Crippen LogP contribution is -2.37. The van der Waals surface area contributed by atoms with Gasteiger partial charge >= 0.3 is 19.8 Å². The molecule has 0 bridgehead atoms. The van der Waals surface area contributed by atoms with Crippen LogP contribution in [0.15, 0.2) is 48.6 Å². The molecule has 0 fully saturated rings. The van der Waals surface area contributed by atoms with Crippen LogP contribution in [0.4, 0.5) is 0 Å². The van der Waals surface area contributed by atoms with Crippen LogP contribution in [0.1, 0.15) is 200 Å². The van der Waals surface area contributed by atoms with Crippen molar-refractivity contribution in [3.8, 4) is 0 Å². The van der Waals surface area contributed by atoms with E-state index in [9.17, 15) is 19.0 Å². The number of rotatable bonds is 43. The van der Waals surface area contributed by atoms with Crippen LogP contribution >= 0.6 is 7.82 Å². The molecule has 0 rings (SSSR count). The quantitative estimate of drug-likeness (QED) is 0.0212. The topological polar surface area (TPSA) is 108 Å².